The minimum Gasteiger partial charge on any atom is -0.483 e. The van der Waals surface area contributed by atoms with E-state index in [1.165, 1.54) is 5.56 Å². The maximum absolute atomic E-state index is 12.4. The van der Waals surface area contributed by atoms with Gasteiger partial charge in [-0.1, -0.05) is 54.6 Å². The molecule has 0 saturated heterocycles. The first-order chi connectivity index (χ1) is 14.2. The number of carbonyl (C=O) groups excluding carboxylic acids is 1. The molecular formula is C24H23NO4. The Morgan fingerprint density at radius 2 is 1.76 bits per heavy atom. The highest BCUT2D eigenvalue weighted by Crippen LogP contribution is 2.34. The molecule has 1 amide bonds. The molecule has 0 spiro atoms. The predicted molar refractivity (Wildman–Crippen MR) is 110 cm³/mol. The lowest BCUT2D eigenvalue weighted by Gasteiger charge is -2.16. The van der Waals surface area contributed by atoms with E-state index in [0.29, 0.717) is 5.75 Å². The summed E-state index contributed by atoms with van der Waals surface area (Å²) in [6.07, 6.45) is 0.756. The Bertz CT molecular complexity index is 987. The maximum atomic E-state index is 12.4. The van der Waals surface area contributed by atoms with Crippen molar-refractivity contribution in [1.29, 1.82) is 0 Å². The topological polar surface area (TPSA) is 56.8 Å². The second kappa shape index (κ2) is 8.69. The highest BCUT2D eigenvalue weighted by atomic mass is 16.7. The first kappa shape index (κ1) is 18.9. The van der Waals surface area contributed by atoms with Crippen molar-refractivity contribution in [3.8, 4) is 17.2 Å². The molecule has 1 unspecified atom stereocenters. The fourth-order valence-electron chi connectivity index (χ4n) is 3.30. The van der Waals surface area contributed by atoms with Crippen molar-refractivity contribution in [2.45, 2.75) is 19.4 Å². The number of rotatable bonds is 7. The normalized spacial score (nSPS) is 13.0. The number of carbonyl (C=O) groups is 1. The number of hydrogen-bond donors (Lipinski definition) is 1. The Morgan fingerprint density at radius 1 is 1.00 bits per heavy atom. The van der Waals surface area contributed by atoms with Gasteiger partial charge < -0.3 is 19.5 Å². The molecule has 1 N–H and O–H groups in total. The number of hydrogen-bond acceptors (Lipinski definition) is 4. The Kier molecular flexibility index (Phi) is 5.66. The van der Waals surface area contributed by atoms with Gasteiger partial charge in [0.1, 0.15) is 5.75 Å². The summed E-state index contributed by atoms with van der Waals surface area (Å²) < 4.78 is 16.6. The molecule has 1 atom stereocenters. The van der Waals surface area contributed by atoms with E-state index < -0.39 is 0 Å². The fourth-order valence-corrected chi connectivity index (χ4v) is 3.30. The minimum absolute atomic E-state index is 0.0410. The molecule has 0 aliphatic carbocycles. The van der Waals surface area contributed by atoms with Gasteiger partial charge in [0.2, 0.25) is 6.79 Å². The van der Waals surface area contributed by atoms with Crippen LogP contribution in [0.3, 0.4) is 0 Å². The third-order valence-electron chi connectivity index (χ3n) is 4.84. The fraction of sp³-hybridized carbons (Fsp3) is 0.208. The average molecular weight is 389 g/mol. The van der Waals surface area contributed by atoms with Gasteiger partial charge in [-0.3, -0.25) is 4.79 Å². The van der Waals surface area contributed by atoms with Crippen LogP contribution in [0.25, 0.3) is 0 Å². The monoisotopic (exact) mass is 389 g/mol. The zero-order valence-corrected chi connectivity index (χ0v) is 16.3. The largest absolute Gasteiger partial charge is 0.483 e. The number of nitrogens with one attached hydrogen (secondary N) is 1. The quantitative estimate of drug-likeness (QED) is 0.656. The van der Waals surface area contributed by atoms with Crippen LogP contribution in [-0.2, 0) is 11.2 Å². The van der Waals surface area contributed by atoms with Crippen LogP contribution in [-0.4, -0.2) is 19.3 Å². The van der Waals surface area contributed by atoms with Crippen molar-refractivity contribution in [1.82, 2.24) is 5.32 Å². The molecule has 0 saturated carbocycles. The molecule has 5 heteroatoms. The lowest BCUT2D eigenvalue weighted by molar-refractivity contribution is -0.123. The van der Waals surface area contributed by atoms with E-state index >= 15 is 0 Å². The molecule has 4 rings (SSSR count). The Labute approximate surface area is 170 Å². The molecule has 5 nitrogen and oxygen atoms in total. The van der Waals surface area contributed by atoms with E-state index in [2.05, 4.69) is 17.4 Å². The second-order valence-electron chi connectivity index (χ2n) is 6.96. The molecule has 1 aliphatic heterocycles. The van der Waals surface area contributed by atoms with Crippen molar-refractivity contribution in [3.05, 3.63) is 89.5 Å². The van der Waals surface area contributed by atoms with Crippen LogP contribution in [0.5, 0.6) is 17.2 Å². The Balaban J connectivity index is 1.35. The van der Waals surface area contributed by atoms with E-state index in [1.54, 1.807) is 0 Å². The van der Waals surface area contributed by atoms with Crippen molar-refractivity contribution in [2.75, 3.05) is 13.4 Å². The molecule has 0 aromatic heterocycles. The summed E-state index contributed by atoms with van der Waals surface area (Å²) in [7, 11) is 0. The van der Waals surface area contributed by atoms with Crippen LogP contribution in [0, 0.1) is 0 Å². The second-order valence-corrected chi connectivity index (χ2v) is 6.96. The van der Waals surface area contributed by atoms with Crippen LogP contribution in [0.4, 0.5) is 0 Å². The average Bonchev–Trinajstić information content (AvgIpc) is 3.22. The van der Waals surface area contributed by atoms with Gasteiger partial charge >= 0.3 is 0 Å². The van der Waals surface area contributed by atoms with Crippen molar-refractivity contribution < 1.29 is 19.0 Å². The molecule has 0 fully saturated rings. The van der Waals surface area contributed by atoms with E-state index in [4.69, 9.17) is 14.2 Å². The lowest BCUT2D eigenvalue weighted by atomic mass is 10.0. The van der Waals surface area contributed by atoms with Crippen LogP contribution >= 0.6 is 0 Å². The molecule has 0 bridgehead atoms. The van der Waals surface area contributed by atoms with Gasteiger partial charge in [-0.25, -0.2) is 0 Å². The van der Waals surface area contributed by atoms with Gasteiger partial charge in [0, 0.05) is 6.42 Å². The molecule has 3 aromatic rings. The Hall–Kier alpha value is -3.47. The lowest BCUT2D eigenvalue weighted by Crippen LogP contribution is -2.31. The SMILES string of the molecule is CC(NC(=O)COc1ccccc1Cc1ccccc1)c1ccc2c(c1)OCO2. The van der Waals surface area contributed by atoms with Gasteiger partial charge in [0.15, 0.2) is 18.1 Å². The highest BCUT2D eigenvalue weighted by Gasteiger charge is 2.17. The molecular weight excluding hydrogens is 366 g/mol. The smallest absolute Gasteiger partial charge is 0.258 e. The number of benzene rings is 3. The van der Waals surface area contributed by atoms with Crippen molar-refractivity contribution in [3.63, 3.8) is 0 Å². The third kappa shape index (κ3) is 4.69. The van der Waals surface area contributed by atoms with E-state index in [9.17, 15) is 4.79 Å². The van der Waals surface area contributed by atoms with E-state index in [0.717, 1.165) is 29.0 Å². The molecule has 29 heavy (non-hydrogen) atoms. The number of amides is 1. The molecule has 1 heterocycles. The molecule has 3 aromatic carbocycles. The van der Waals surface area contributed by atoms with Crippen molar-refractivity contribution in [2.24, 2.45) is 0 Å². The maximum Gasteiger partial charge on any atom is 0.258 e. The standard InChI is InChI=1S/C24H23NO4/c1-17(19-11-12-22-23(14-19)29-16-28-22)25-24(26)15-27-21-10-6-5-9-20(21)13-18-7-3-2-4-8-18/h2-12,14,17H,13,15-16H2,1H3,(H,25,26). The van der Waals surface area contributed by atoms with E-state index in [1.807, 2.05) is 67.6 Å². The molecule has 148 valence electrons. The summed E-state index contributed by atoms with van der Waals surface area (Å²) >= 11 is 0. The summed E-state index contributed by atoms with van der Waals surface area (Å²) in [6.45, 7) is 2.12. The third-order valence-corrected chi connectivity index (χ3v) is 4.84. The summed E-state index contributed by atoms with van der Waals surface area (Å²) in [4.78, 5) is 12.4. The highest BCUT2D eigenvalue weighted by molar-refractivity contribution is 5.78. The first-order valence-corrected chi connectivity index (χ1v) is 9.62. The number of fused-ring (bicyclic) bond motifs is 1. The van der Waals surface area contributed by atoms with Gasteiger partial charge in [-0.15, -0.1) is 0 Å². The van der Waals surface area contributed by atoms with Crippen LogP contribution in [0.1, 0.15) is 29.7 Å². The molecule has 1 aliphatic rings. The number of ether oxygens (including phenoxy) is 3. The molecule has 0 radical (unpaired) electrons. The summed E-state index contributed by atoms with van der Waals surface area (Å²) in [6, 6.07) is 23.5. The van der Waals surface area contributed by atoms with Gasteiger partial charge in [0.25, 0.3) is 5.91 Å². The van der Waals surface area contributed by atoms with Gasteiger partial charge in [0.05, 0.1) is 6.04 Å². The van der Waals surface area contributed by atoms with Crippen LogP contribution in [0.15, 0.2) is 72.8 Å². The van der Waals surface area contributed by atoms with E-state index in [-0.39, 0.29) is 25.3 Å². The zero-order valence-electron chi connectivity index (χ0n) is 16.3. The van der Waals surface area contributed by atoms with Crippen LogP contribution < -0.4 is 19.5 Å². The first-order valence-electron chi connectivity index (χ1n) is 9.62. The Morgan fingerprint density at radius 3 is 2.62 bits per heavy atom. The minimum atomic E-state index is -0.176. The summed E-state index contributed by atoms with van der Waals surface area (Å²) in [5, 5.41) is 2.97. The predicted octanol–water partition coefficient (Wildman–Crippen LogP) is 4.26. The number of para-hydroxylation sites is 1. The van der Waals surface area contributed by atoms with Gasteiger partial charge in [-0.05, 0) is 41.8 Å². The zero-order chi connectivity index (χ0) is 20.1. The van der Waals surface area contributed by atoms with Gasteiger partial charge in [-0.2, -0.15) is 0 Å². The van der Waals surface area contributed by atoms with Crippen LogP contribution in [0.2, 0.25) is 0 Å². The summed E-state index contributed by atoms with van der Waals surface area (Å²) in [5.41, 5.74) is 3.20. The van der Waals surface area contributed by atoms with Crippen molar-refractivity contribution >= 4 is 5.91 Å². The summed E-state index contributed by atoms with van der Waals surface area (Å²) in [5.74, 6) is 1.98.